The highest BCUT2D eigenvalue weighted by Gasteiger charge is 2.16. The molecule has 0 amide bonds. The minimum Gasteiger partial charge on any atom is -0.270 e. The van der Waals surface area contributed by atoms with Gasteiger partial charge in [0.25, 0.3) is 0 Å². The lowest BCUT2D eigenvalue weighted by Crippen LogP contribution is -2.00. The fourth-order valence-corrected chi connectivity index (χ4v) is 3.92. The van der Waals surface area contributed by atoms with Crippen LogP contribution in [0.15, 0.2) is 84.0 Å². The van der Waals surface area contributed by atoms with Gasteiger partial charge in [0.2, 0.25) is 0 Å². The van der Waals surface area contributed by atoms with Gasteiger partial charge in [0, 0.05) is 22.0 Å². The molecule has 3 aromatic carbocycles. The van der Waals surface area contributed by atoms with Crippen LogP contribution in [0.5, 0.6) is 0 Å². The third kappa shape index (κ3) is 4.07. The summed E-state index contributed by atoms with van der Waals surface area (Å²) in [5.74, 6) is 1.62. The smallest absolute Gasteiger partial charge is 0.196 e. The van der Waals surface area contributed by atoms with Gasteiger partial charge in [-0.15, -0.1) is 10.2 Å². The third-order valence-electron chi connectivity index (χ3n) is 4.22. The fourth-order valence-electron chi connectivity index (χ4n) is 2.83. The minimum atomic E-state index is 0.685. The molecule has 5 heteroatoms. The molecule has 27 heavy (non-hydrogen) atoms. The number of halogens is 1. The number of rotatable bonds is 5. The van der Waals surface area contributed by atoms with Crippen molar-refractivity contribution in [3.8, 4) is 17.1 Å². The summed E-state index contributed by atoms with van der Waals surface area (Å²) in [6.07, 6.45) is 0. The van der Waals surface area contributed by atoms with E-state index in [1.54, 1.807) is 11.8 Å². The van der Waals surface area contributed by atoms with Crippen LogP contribution in [0.1, 0.15) is 11.1 Å². The van der Waals surface area contributed by atoms with Crippen LogP contribution in [0.3, 0.4) is 0 Å². The Morgan fingerprint density at radius 2 is 1.67 bits per heavy atom. The van der Waals surface area contributed by atoms with Crippen molar-refractivity contribution in [3.05, 3.63) is 95.0 Å². The van der Waals surface area contributed by atoms with Crippen LogP contribution in [-0.2, 0) is 5.75 Å². The molecule has 0 atom stereocenters. The monoisotopic (exact) mass is 391 g/mol. The highest BCUT2D eigenvalue weighted by atomic mass is 35.5. The second-order valence-corrected chi connectivity index (χ2v) is 7.64. The van der Waals surface area contributed by atoms with Crippen molar-refractivity contribution in [3.63, 3.8) is 0 Å². The van der Waals surface area contributed by atoms with Gasteiger partial charge in [-0.1, -0.05) is 83.5 Å². The average molecular weight is 392 g/mol. The first kappa shape index (κ1) is 17.8. The number of hydrogen-bond donors (Lipinski definition) is 0. The molecule has 0 aliphatic carbocycles. The van der Waals surface area contributed by atoms with E-state index in [1.165, 1.54) is 11.1 Å². The summed E-state index contributed by atoms with van der Waals surface area (Å²) in [6.45, 7) is 2.08. The molecule has 0 N–H and O–H groups in total. The molecule has 1 heterocycles. The lowest BCUT2D eigenvalue weighted by molar-refractivity contribution is 0.885. The molecule has 1 aromatic heterocycles. The Labute approximate surface area is 168 Å². The van der Waals surface area contributed by atoms with Crippen LogP contribution in [0.2, 0.25) is 5.02 Å². The normalized spacial score (nSPS) is 10.9. The molecule has 0 unspecified atom stereocenters. The van der Waals surface area contributed by atoms with Crippen molar-refractivity contribution in [2.24, 2.45) is 0 Å². The maximum absolute atomic E-state index is 6.20. The van der Waals surface area contributed by atoms with Crippen LogP contribution in [-0.4, -0.2) is 14.8 Å². The zero-order valence-corrected chi connectivity index (χ0v) is 16.4. The van der Waals surface area contributed by atoms with Crippen molar-refractivity contribution < 1.29 is 0 Å². The molecule has 0 aliphatic heterocycles. The van der Waals surface area contributed by atoms with E-state index in [0.29, 0.717) is 5.02 Å². The van der Waals surface area contributed by atoms with Gasteiger partial charge in [0.15, 0.2) is 11.0 Å². The van der Waals surface area contributed by atoms with Crippen LogP contribution in [0, 0.1) is 6.92 Å². The predicted octanol–water partition coefficient (Wildman–Crippen LogP) is 6.19. The summed E-state index contributed by atoms with van der Waals surface area (Å²) in [5, 5.41) is 10.5. The topological polar surface area (TPSA) is 30.7 Å². The van der Waals surface area contributed by atoms with E-state index >= 15 is 0 Å². The number of hydrogen-bond acceptors (Lipinski definition) is 3. The van der Waals surface area contributed by atoms with Crippen molar-refractivity contribution in [1.82, 2.24) is 14.8 Å². The summed E-state index contributed by atoms with van der Waals surface area (Å²) in [5.41, 5.74) is 4.46. The quantitative estimate of drug-likeness (QED) is 0.380. The summed E-state index contributed by atoms with van der Waals surface area (Å²) in [6, 6.07) is 26.5. The molecule has 0 spiro atoms. The molecule has 0 saturated heterocycles. The Morgan fingerprint density at radius 1 is 0.889 bits per heavy atom. The largest absolute Gasteiger partial charge is 0.270 e. The number of aromatic nitrogens is 3. The fraction of sp³-hybridized carbons (Fsp3) is 0.0909. The Balaban J connectivity index is 1.75. The molecule has 0 saturated carbocycles. The number of thioether (sulfide) groups is 1. The van der Waals surface area contributed by atoms with Gasteiger partial charge in [-0.2, -0.15) is 0 Å². The summed E-state index contributed by atoms with van der Waals surface area (Å²) >= 11 is 7.87. The molecular formula is C22H18ClN3S. The van der Waals surface area contributed by atoms with E-state index in [0.717, 1.165) is 28.0 Å². The van der Waals surface area contributed by atoms with E-state index in [4.69, 9.17) is 11.6 Å². The summed E-state index contributed by atoms with van der Waals surface area (Å²) in [4.78, 5) is 0. The number of benzene rings is 3. The first-order valence-corrected chi connectivity index (χ1v) is 10.0. The van der Waals surface area contributed by atoms with Crippen LogP contribution in [0.4, 0.5) is 0 Å². The Morgan fingerprint density at radius 3 is 2.41 bits per heavy atom. The van der Waals surface area contributed by atoms with Crippen molar-refractivity contribution in [2.45, 2.75) is 17.8 Å². The van der Waals surface area contributed by atoms with Crippen molar-refractivity contribution >= 4 is 23.4 Å². The van der Waals surface area contributed by atoms with Crippen molar-refractivity contribution in [1.29, 1.82) is 0 Å². The van der Waals surface area contributed by atoms with E-state index in [-0.39, 0.29) is 0 Å². The second-order valence-electron chi connectivity index (χ2n) is 6.26. The zero-order valence-electron chi connectivity index (χ0n) is 14.8. The standard InChI is InChI=1S/C22H18ClN3S/c1-16-10-12-20(13-11-16)26-21(18-8-5-9-19(23)14-18)24-25-22(26)27-15-17-6-3-2-4-7-17/h2-14H,15H2,1H3. The van der Waals surface area contributed by atoms with Crippen LogP contribution < -0.4 is 0 Å². The summed E-state index contributed by atoms with van der Waals surface area (Å²) in [7, 11) is 0. The van der Waals surface area contributed by atoms with Gasteiger partial charge >= 0.3 is 0 Å². The highest BCUT2D eigenvalue weighted by Crippen LogP contribution is 2.30. The van der Waals surface area contributed by atoms with E-state index < -0.39 is 0 Å². The molecule has 0 aliphatic rings. The predicted molar refractivity (Wildman–Crippen MR) is 113 cm³/mol. The molecule has 3 nitrogen and oxygen atoms in total. The lowest BCUT2D eigenvalue weighted by atomic mass is 10.2. The Bertz CT molecular complexity index is 1040. The van der Waals surface area contributed by atoms with Gasteiger partial charge < -0.3 is 0 Å². The Hall–Kier alpha value is -2.56. The lowest BCUT2D eigenvalue weighted by Gasteiger charge is -2.11. The molecule has 0 bridgehead atoms. The van der Waals surface area contributed by atoms with E-state index in [1.807, 2.05) is 30.3 Å². The SMILES string of the molecule is Cc1ccc(-n2c(SCc3ccccc3)nnc2-c2cccc(Cl)c2)cc1. The Kier molecular flexibility index (Phi) is 5.28. The van der Waals surface area contributed by atoms with Crippen LogP contribution in [0.25, 0.3) is 17.1 Å². The molecule has 4 aromatic rings. The van der Waals surface area contributed by atoms with Gasteiger partial charge in [-0.25, -0.2) is 0 Å². The summed E-state index contributed by atoms with van der Waals surface area (Å²) < 4.78 is 2.10. The number of aryl methyl sites for hydroxylation is 1. The first-order valence-electron chi connectivity index (χ1n) is 8.66. The van der Waals surface area contributed by atoms with E-state index in [2.05, 4.69) is 70.2 Å². The second kappa shape index (κ2) is 7.99. The maximum Gasteiger partial charge on any atom is 0.196 e. The van der Waals surface area contributed by atoms with Gasteiger partial charge in [-0.05, 0) is 36.8 Å². The van der Waals surface area contributed by atoms with Gasteiger partial charge in [-0.3, -0.25) is 4.57 Å². The average Bonchev–Trinajstić information content (AvgIpc) is 3.12. The van der Waals surface area contributed by atoms with Gasteiger partial charge in [0.05, 0.1) is 0 Å². The first-order chi connectivity index (χ1) is 13.2. The van der Waals surface area contributed by atoms with Gasteiger partial charge in [0.1, 0.15) is 0 Å². The highest BCUT2D eigenvalue weighted by molar-refractivity contribution is 7.98. The molecule has 0 fully saturated rings. The van der Waals surface area contributed by atoms with Crippen LogP contribution >= 0.6 is 23.4 Å². The maximum atomic E-state index is 6.20. The minimum absolute atomic E-state index is 0.685. The van der Waals surface area contributed by atoms with E-state index in [9.17, 15) is 0 Å². The third-order valence-corrected chi connectivity index (χ3v) is 5.45. The van der Waals surface area contributed by atoms with Crippen molar-refractivity contribution in [2.75, 3.05) is 0 Å². The molecular weight excluding hydrogens is 374 g/mol. The zero-order chi connectivity index (χ0) is 18.6. The molecule has 0 radical (unpaired) electrons. The number of nitrogens with zero attached hydrogens (tertiary/aromatic N) is 3. The molecule has 4 rings (SSSR count). The molecule has 134 valence electrons.